The second-order valence-electron chi connectivity index (χ2n) is 4.35. The molecule has 0 saturated heterocycles. The number of thiocarbonyl (C=S) groups is 1. The lowest BCUT2D eigenvalue weighted by molar-refractivity contribution is -0.384. The van der Waals surface area contributed by atoms with Crippen molar-refractivity contribution >= 4 is 69.6 Å². The van der Waals surface area contributed by atoms with Crippen LogP contribution < -0.4 is 20.7 Å². The van der Waals surface area contributed by atoms with E-state index in [1.807, 2.05) is 0 Å². The summed E-state index contributed by atoms with van der Waals surface area (Å²) in [6.45, 7) is 0. The van der Waals surface area contributed by atoms with Crippen molar-refractivity contribution in [3.63, 3.8) is 0 Å². The SMILES string of the molecule is COC(=O)N[C@@H](NC(=S)Nc1ccc(OC)cc1[N+](=O)[O-])C(Cl)(Cl)Cl. The van der Waals surface area contributed by atoms with Gasteiger partial charge >= 0.3 is 6.09 Å². The molecule has 0 aliphatic rings. The van der Waals surface area contributed by atoms with Crippen molar-refractivity contribution in [2.24, 2.45) is 0 Å². The minimum absolute atomic E-state index is 0.0736. The van der Waals surface area contributed by atoms with E-state index < -0.39 is 21.0 Å². The van der Waals surface area contributed by atoms with Gasteiger partial charge in [-0.1, -0.05) is 34.8 Å². The van der Waals surface area contributed by atoms with Gasteiger partial charge in [-0.25, -0.2) is 4.79 Å². The number of hydrogen-bond acceptors (Lipinski definition) is 6. The number of carbonyl (C=O) groups excluding carboxylic acids is 1. The fourth-order valence-corrected chi connectivity index (χ4v) is 2.12. The minimum atomic E-state index is -1.98. The molecule has 0 radical (unpaired) electrons. The molecule has 1 aromatic carbocycles. The van der Waals surface area contributed by atoms with Crippen LogP contribution in [0.15, 0.2) is 18.2 Å². The first-order valence-electron chi connectivity index (χ1n) is 6.39. The number of nitrogens with zero attached hydrogens (tertiary/aromatic N) is 1. The number of alkyl carbamates (subject to hydrolysis) is 1. The van der Waals surface area contributed by atoms with E-state index in [1.165, 1.54) is 25.3 Å². The molecule has 1 atom stereocenters. The summed E-state index contributed by atoms with van der Waals surface area (Å²) < 4.78 is 7.37. The number of alkyl halides is 3. The van der Waals surface area contributed by atoms with Crippen LogP contribution in [0.5, 0.6) is 5.75 Å². The van der Waals surface area contributed by atoms with E-state index in [1.54, 1.807) is 0 Å². The van der Waals surface area contributed by atoms with E-state index in [2.05, 4.69) is 20.7 Å². The molecular weight excluding hydrogens is 419 g/mol. The second kappa shape index (κ2) is 9.09. The third-order valence-electron chi connectivity index (χ3n) is 2.70. The molecule has 0 aliphatic heterocycles. The van der Waals surface area contributed by atoms with Crippen molar-refractivity contribution in [3.05, 3.63) is 28.3 Å². The van der Waals surface area contributed by atoms with Crippen molar-refractivity contribution in [2.75, 3.05) is 19.5 Å². The molecule has 1 amide bonds. The Labute approximate surface area is 163 Å². The number of methoxy groups -OCH3 is 2. The van der Waals surface area contributed by atoms with Crippen molar-refractivity contribution in [1.82, 2.24) is 10.6 Å². The van der Waals surface area contributed by atoms with Crippen LogP contribution in [0.3, 0.4) is 0 Å². The van der Waals surface area contributed by atoms with E-state index in [9.17, 15) is 14.9 Å². The quantitative estimate of drug-likeness (QED) is 0.214. The number of benzene rings is 1. The third-order valence-corrected chi connectivity index (χ3v) is 3.57. The number of carbonyl (C=O) groups is 1. The first-order valence-corrected chi connectivity index (χ1v) is 7.93. The predicted molar refractivity (Wildman–Crippen MR) is 98.6 cm³/mol. The van der Waals surface area contributed by atoms with Crippen LogP contribution >= 0.6 is 47.0 Å². The molecule has 138 valence electrons. The molecule has 0 fully saturated rings. The summed E-state index contributed by atoms with van der Waals surface area (Å²) in [5.74, 6) is 0.294. The lowest BCUT2D eigenvalue weighted by Crippen LogP contribution is -2.56. The normalized spacial score (nSPS) is 11.9. The van der Waals surface area contributed by atoms with E-state index in [4.69, 9.17) is 51.8 Å². The number of amides is 1. The molecule has 0 aromatic heterocycles. The highest BCUT2D eigenvalue weighted by Gasteiger charge is 2.35. The van der Waals surface area contributed by atoms with Gasteiger partial charge in [-0.05, 0) is 24.4 Å². The molecular formula is C12H13Cl3N4O5S. The van der Waals surface area contributed by atoms with Crippen LogP contribution in [0.1, 0.15) is 0 Å². The zero-order chi connectivity index (χ0) is 19.2. The van der Waals surface area contributed by atoms with E-state index in [0.717, 1.165) is 7.11 Å². The largest absolute Gasteiger partial charge is 0.496 e. The Bertz CT molecular complexity index is 671. The van der Waals surface area contributed by atoms with Gasteiger partial charge in [0.05, 0.1) is 25.2 Å². The lowest BCUT2D eigenvalue weighted by Gasteiger charge is -2.27. The first-order chi connectivity index (χ1) is 11.6. The number of ether oxygens (including phenoxy) is 2. The number of nitro benzene ring substituents is 1. The fourth-order valence-electron chi connectivity index (χ4n) is 1.56. The number of anilines is 1. The molecule has 0 bridgehead atoms. The number of hydrogen-bond donors (Lipinski definition) is 3. The Hall–Kier alpha value is -1.75. The summed E-state index contributed by atoms with van der Waals surface area (Å²) in [5.41, 5.74) is -0.209. The average Bonchev–Trinajstić information content (AvgIpc) is 2.53. The van der Waals surface area contributed by atoms with Crippen molar-refractivity contribution in [1.29, 1.82) is 0 Å². The van der Waals surface area contributed by atoms with Gasteiger partial charge in [-0.2, -0.15) is 0 Å². The molecule has 0 unspecified atom stereocenters. The zero-order valence-corrected chi connectivity index (χ0v) is 15.9. The second-order valence-corrected chi connectivity index (χ2v) is 7.13. The smallest absolute Gasteiger partial charge is 0.408 e. The van der Waals surface area contributed by atoms with Crippen LogP contribution in [-0.2, 0) is 4.74 Å². The van der Waals surface area contributed by atoms with Gasteiger partial charge in [0.2, 0.25) is 3.79 Å². The van der Waals surface area contributed by atoms with Gasteiger partial charge in [0, 0.05) is 0 Å². The highest BCUT2D eigenvalue weighted by atomic mass is 35.6. The first kappa shape index (κ1) is 21.3. The third kappa shape index (κ3) is 6.58. The zero-order valence-electron chi connectivity index (χ0n) is 12.8. The maximum absolute atomic E-state index is 11.3. The molecule has 0 heterocycles. The number of halogens is 3. The molecule has 13 heteroatoms. The maximum Gasteiger partial charge on any atom is 0.408 e. The summed E-state index contributed by atoms with van der Waals surface area (Å²) in [6, 6.07) is 4.10. The average molecular weight is 432 g/mol. The monoisotopic (exact) mass is 430 g/mol. The van der Waals surface area contributed by atoms with Crippen molar-refractivity contribution < 1.29 is 19.2 Å². The van der Waals surface area contributed by atoms with Gasteiger partial charge in [-0.3, -0.25) is 15.4 Å². The Morgan fingerprint density at radius 1 is 1.32 bits per heavy atom. The summed E-state index contributed by atoms with van der Waals surface area (Å²) in [7, 11) is 2.50. The number of nitro groups is 1. The van der Waals surface area contributed by atoms with E-state index in [0.29, 0.717) is 5.75 Å². The van der Waals surface area contributed by atoms with Gasteiger partial charge in [-0.15, -0.1) is 0 Å². The lowest BCUT2D eigenvalue weighted by atomic mass is 10.2. The van der Waals surface area contributed by atoms with Gasteiger partial charge < -0.3 is 20.1 Å². The Balaban J connectivity index is 2.94. The van der Waals surface area contributed by atoms with Crippen LogP contribution in [0.4, 0.5) is 16.2 Å². The molecule has 25 heavy (non-hydrogen) atoms. The molecule has 0 saturated carbocycles. The number of nitrogens with one attached hydrogen (secondary N) is 3. The summed E-state index contributed by atoms with van der Waals surface area (Å²) in [4.78, 5) is 21.8. The van der Waals surface area contributed by atoms with E-state index >= 15 is 0 Å². The van der Waals surface area contributed by atoms with Gasteiger partial charge in [0.25, 0.3) is 5.69 Å². The van der Waals surface area contributed by atoms with Gasteiger partial charge in [0.15, 0.2) is 11.3 Å². The van der Waals surface area contributed by atoms with Crippen LogP contribution in [0.2, 0.25) is 0 Å². The van der Waals surface area contributed by atoms with Crippen molar-refractivity contribution in [3.8, 4) is 5.75 Å². The molecule has 0 spiro atoms. The fraction of sp³-hybridized carbons (Fsp3) is 0.333. The van der Waals surface area contributed by atoms with Crippen LogP contribution in [0, 0.1) is 10.1 Å². The van der Waals surface area contributed by atoms with Crippen molar-refractivity contribution in [2.45, 2.75) is 9.96 Å². The Morgan fingerprint density at radius 3 is 2.44 bits per heavy atom. The summed E-state index contributed by atoms with van der Waals surface area (Å²) in [6.07, 6.45) is -2.13. The van der Waals surface area contributed by atoms with Gasteiger partial charge in [0.1, 0.15) is 11.4 Å². The van der Waals surface area contributed by atoms with E-state index in [-0.39, 0.29) is 16.5 Å². The molecule has 1 aromatic rings. The summed E-state index contributed by atoms with van der Waals surface area (Å²) in [5, 5.41) is 18.4. The topological polar surface area (TPSA) is 115 Å². The Kier molecular flexibility index (Phi) is 7.74. The minimum Gasteiger partial charge on any atom is -0.496 e. The summed E-state index contributed by atoms with van der Waals surface area (Å²) >= 11 is 22.3. The molecule has 9 nitrogen and oxygen atoms in total. The van der Waals surface area contributed by atoms with Crippen LogP contribution in [-0.4, -0.2) is 40.3 Å². The van der Waals surface area contributed by atoms with Crippen LogP contribution in [0.25, 0.3) is 0 Å². The Morgan fingerprint density at radius 2 is 1.96 bits per heavy atom. The molecule has 1 rings (SSSR count). The standard InChI is InChI=1S/C12H13Cl3N4O5S/c1-23-6-3-4-7(8(5-6)19(21)22)16-10(25)17-9(12(13,14)15)18-11(20)24-2/h3-5,9H,1-2H3,(H,18,20)(H2,16,17,25)/t9-/m1/s1. The maximum atomic E-state index is 11.3. The predicted octanol–water partition coefficient (Wildman–Crippen LogP) is 2.94. The highest BCUT2D eigenvalue weighted by Crippen LogP contribution is 2.30. The molecule has 3 N–H and O–H groups in total. The number of rotatable bonds is 5. The highest BCUT2D eigenvalue weighted by molar-refractivity contribution is 7.80. The molecule has 0 aliphatic carbocycles.